The molecule has 1 unspecified atom stereocenters. The monoisotopic (exact) mass is 269 g/mol. The van der Waals surface area contributed by atoms with Gasteiger partial charge in [0, 0.05) is 20.2 Å². The third kappa shape index (κ3) is 3.16. The molecule has 0 spiro atoms. The van der Waals surface area contributed by atoms with Crippen molar-refractivity contribution in [2.75, 3.05) is 31.7 Å². The van der Waals surface area contributed by atoms with Crippen molar-refractivity contribution < 1.29 is 9.84 Å². The van der Waals surface area contributed by atoms with Gasteiger partial charge in [0.2, 0.25) is 0 Å². The zero-order chi connectivity index (χ0) is 13.0. The van der Waals surface area contributed by atoms with Crippen LogP contribution < -0.4 is 4.90 Å². The van der Waals surface area contributed by atoms with Gasteiger partial charge >= 0.3 is 0 Å². The average molecular weight is 270 g/mol. The number of hydrogen-bond acceptors (Lipinski definition) is 3. The molecule has 0 aliphatic carbocycles. The molecule has 0 amide bonds. The lowest BCUT2D eigenvalue weighted by Crippen LogP contribution is -2.37. The van der Waals surface area contributed by atoms with Crippen molar-refractivity contribution in [3.63, 3.8) is 0 Å². The Morgan fingerprint density at radius 3 is 3.00 bits per heavy atom. The van der Waals surface area contributed by atoms with Crippen LogP contribution in [0, 0.1) is 5.92 Å². The van der Waals surface area contributed by atoms with Crippen LogP contribution in [0.2, 0.25) is 5.02 Å². The van der Waals surface area contributed by atoms with E-state index < -0.39 is 0 Å². The fourth-order valence-corrected chi connectivity index (χ4v) is 2.88. The Labute approximate surface area is 113 Å². The molecule has 1 aliphatic rings. The van der Waals surface area contributed by atoms with Crippen LogP contribution in [0.5, 0.6) is 0 Å². The topological polar surface area (TPSA) is 32.7 Å². The first-order valence-corrected chi connectivity index (χ1v) is 6.75. The van der Waals surface area contributed by atoms with E-state index in [0.29, 0.717) is 5.92 Å². The van der Waals surface area contributed by atoms with Crippen LogP contribution >= 0.6 is 11.6 Å². The van der Waals surface area contributed by atoms with Crippen molar-refractivity contribution in [3.8, 4) is 0 Å². The van der Waals surface area contributed by atoms with Crippen molar-refractivity contribution in [2.45, 2.75) is 19.4 Å². The largest absolute Gasteiger partial charge is 0.392 e. The highest BCUT2D eigenvalue weighted by Gasteiger charge is 2.21. The summed E-state index contributed by atoms with van der Waals surface area (Å²) in [6.45, 7) is 2.87. The molecule has 3 nitrogen and oxygen atoms in total. The number of nitrogens with zero attached hydrogens (tertiary/aromatic N) is 1. The van der Waals surface area contributed by atoms with Crippen molar-refractivity contribution in [1.82, 2.24) is 0 Å². The van der Waals surface area contributed by atoms with Gasteiger partial charge < -0.3 is 14.7 Å². The van der Waals surface area contributed by atoms with Gasteiger partial charge in [-0.3, -0.25) is 0 Å². The first kappa shape index (κ1) is 13.7. The van der Waals surface area contributed by atoms with Gasteiger partial charge in [0.1, 0.15) is 0 Å². The van der Waals surface area contributed by atoms with Gasteiger partial charge in [-0.1, -0.05) is 17.7 Å². The molecule has 1 aromatic rings. The van der Waals surface area contributed by atoms with E-state index in [1.54, 1.807) is 7.11 Å². The molecule has 0 aromatic heterocycles. The molecule has 1 saturated heterocycles. The number of aliphatic hydroxyl groups excluding tert-OH is 1. The molecular weight excluding hydrogens is 250 g/mol. The van der Waals surface area contributed by atoms with E-state index in [1.807, 2.05) is 18.2 Å². The normalized spacial score (nSPS) is 20.2. The molecule has 0 saturated carbocycles. The highest BCUT2D eigenvalue weighted by molar-refractivity contribution is 6.33. The summed E-state index contributed by atoms with van der Waals surface area (Å²) in [5, 5.41) is 9.81. The number of ether oxygens (including phenoxy) is 1. The summed E-state index contributed by atoms with van der Waals surface area (Å²) in [5.74, 6) is 0.581. The number of benzene rings is 1. The number of aliphatic hydroxyl groups is 1. The Kier molecular flexibility index (Phi) is 4.87. The maximum Gasteiger partial charge on any atom is 0.0682 e. The van der Waals surface area contributed by atoms with Gasteiger partial charge in [0.05, 0.1) is 23.9 Å². The molecule has 1 atom stereocenters. The Bertz CT molecular complexity index is 395. The summed E-state index contributed by atoms with van der Waals surface area (Å²) in [6, 6.07) is 5.78. The van der Waals surface area contributed by atoms with E-state index >= 15 is 0 Å². The van der Waals surface area contributed by atoms with Crippen LogP contribution in [-0.4, -0.2) is 31.9 Å². The summed E-state index contributed by atoms with van der Waals surface area (Å²) in [5.41, 5.74) is 1.92. The third-order valence-corrected chi connectivity index (χ3v) is 3.76. The minimum atomic E-state index is 0.0340. The Morgan fingerprint density at radius 1 is 1.50 bits per heavy atom. The maximum absolute atomic E-state index is 9.09. The summed E-state index contributed by atoms with van der Waals surface area (Å²) in [6.07, 6.45) is 2.39. The molecule has 0 radical (unpaired) electrons. The standard InChI is InChI=1S/C14H20ClNO2/c1-18-10-12-3-2-6-16(8-12)14-5-4-11(9-17)7-13(14)15/h4-5,7,12,17H,2-3,6,8-10H2,1H3. The predicted octanol–water partition coefficient (Wildman–Crippen LogP) is 2.70. The summed E-state index contributed by atoms with van der Waals surface area (Å²) in [4.78, 5) is 2.32. The van der Waals surface area contributed by atoms with Crippen LogP contribution in [0.4, 0.5) is 5.69 Å². The molecule has 1 N–H and O–H groups in total. The molecule has 1 fully saturated rings. The van der Waals surface area contributed by atoms with E-state index in [1.165, 1.54) is 12.8 Å². The van der Waals surface area contributed by atoms with Gasteiger partial charge in [-0.05, 0) is 36.5 Å². The zero-order valence-corrected chi connectivity index (χ0v) is 11.5. The molecule has 1 heterocycles. The molecule has 1 aromatic carbocycles. The SMILES string of the molecule is COCC1CCCN(c2ccc(CO)cc2Cl)C1. The number of anilines is 1. The first-order valence-electron chi connectivity index (χ1n) is 6.37. The van der Waals surface area contributed by atoms with Crippen LogP contribution in [0.15, 0.2) is 18.2 Å². The second kappa shape index (κ2) is 6.41. The van der Waals surface area contributed by atoms with Crippen LogP contribution in [-0.2, 0) is 11.3 Å². The third-order valence-electron chi connectivity index (χ3n) is 3.46. The van der Waals surface area contributed by atoms with Gasteiger partial charge in [-0.15, -0.1) is 0 Å². The number of methoxy groups -OCH3 is 1. The molecule has 100 valence electrons. The van der Waals surface area contributed by atoms with Crippen molar-refractivity contribution in [1.29, 1.82) is 0 Å². The van der Waals surface area contributed by atoms with Crippen LogP contribution in [0.3, 0.4) is 0 Å². The van der Waals surface area contributed by atoms with E-state index in [4.69, 9.17) is 21.4 Å². The van der Waals surface area contributed by atoms with E-state index in [9.17, 15) is 0 Å². The second-order valence-corrected chi connectivity index (χ2v) is 5.26. The number of halogens is 1. The second-order valence-electron chi connectivity index (χ2n) is 4.85. The lowest BCUT2D eigenvalue weighted by Gasteiger charge is -2.34. The highest BCUT2D eigenvalue weighted by Crippen LogP contribution is 2.30. The lowest BCUT2D eigenvalue weighted by atomic mass is 9.98. The van der Waals surface area contributed by atoms with Gasteiger partial charge in [0.15, 0.2) is 0 Å². The van der Waals surface area contributed by atoms with Crippen molar-refractivity contribution in [3.05, 3.63) is 28.8 Å². The summed E-state index contributed by atoms with van der Waals surface area (Å²) in [7, 11) is 1.75. The average Bonchev–Trinajstić information content (AvgIpc) is 2.39. The lowest BCUT2D eigenvalue weighted by molar-refractivity contribution is 0.143. The van der Waals surface area contributed by atoms with Gasteiger partial charge in [0.25, 0.3) is 0 Å². The predicted molar refractivity (Wildman–Crippen MR) is 74.2 cm³/mol. The van der Waals surface area contributed by atoms with Crippen LogP contribution in [0.25, 0.3) is 0 Å². The minimum Gasteiger partial charge on any atom is -0.392 e. The molecule has 1 aliphatic heterocycles. The van der Waals surface area contributed by atoms with E-state index in [-0.39, 0.29) is 6.61 Å². The Hall–Kier alpha value is -0.770. The molecule has 18 heavy (non-hydrogen) atoms. The Morgan fingerprint density at radius 2 is 2.33 bits per heavy atom. The van der Waals surface area contributed by atoms with Crippen molar-refractivity contribution >= 4 is 17.3 Å². The number of rotatable bonds is 4. The molecule has 0 bridgehead atoms. The Balaban J connectivity index is 2.10. The fraction of sp³-hybridized carbons (Fsp3) is 0.571. The summed E-state index contributed by atoms with van der Waals surface area (Å²) < 4.78 is 5.24. The number of piperidine rings is 1. The minimum absolute atomic E-state index is 0.0340. The zero-order valence-electron chi connectivity index (χ0n) is 10.7. The van der Waals surface area contributed by atoms with Crippen LogP contribution in [0.1, 0.15) is 18.4 Å². The first-order chi connectivity index (χ1) is 8.74. The van der Waals surface area contributed by atoms with Crippen molar-refractivity contribution in [2.24, 2.45) is 5.92 Å². The quantitative estimate of drug-likeness (QED) is 0.912. The summed E-state index contributed by atoms with van der Waals surface area (Å²) >= 11 is 6.28. The van der Waals surface area contributed by atoms with Gasteiger partial charge in [-0.25, -0.2) is 0 Å². The van der Waals surface area contributed by atoms with E-state index in [0.717, 1.165) is 36.0 Å². The van der Waals surface area contributed by atoms with E-state index in [2.05, 4.69) is 4.90 Å². The molecule has 4 heteroatoms. The number of hydrogen-bond donors (Lipinski definition) is 1. The highest BCUT2D eigenvalue weighted by atomic mass is 35.5. The maximum atomic E-state index is 9.09. The fourth-order valence-electron chi connectivity index (χ4n) is 2.56. The van der Waals surface area contributed by atoms with Gasteiger partial charge in [-0.2, -0.15) is 0 Å². The smallest absolute Gasteiger partial charge is 0.0682 e. The molecular formula is C14H20ClNO2. The molecule has 2 rings (SSSR count).